The van der Waals surface area contributed by atoms with Crippen molar-refractivity contribution >= 4 is 0 Å². The van der Waals surface area contributed by atoms with Gasteiger partial charge in [-0.2, -0.15) is 0 Å². The van der Waals surface area contributed by atoms with Gasteiger partial charge in [-0.3, -0.25) is 4.90 Å². The van der Waals surface area contributed by atoms with Crippen molar-refractivity contribution in [2.75, 3.05) is 39.8 Å². The van der Waals surface area contributed by atoms with E-state index in [4.69, 9.17) is 5.73 Å². The maximum atomic E-state index is 5.55. The Labute approximate surface area is 82.9 Å². The number of hydrogen-bond donors (Lipinski definition) is 1. The molecule has 0 spiro atoms. The summed E-state index contributed by atoms with van der Waals surface area (Å²) in [5.41, 5.74) is 5.55. The van der Waals surface area contributed by atoms with Crippen LogP contribution < -0.4 is 5.73 Å². The van der Waals surface area contributed by atoms with Crippen molar-refractivity contribution in [3.63, 3.8) is 0 Å². The summed E-state index contributed by atoms with van der Waals surface area (Å²) in [6, 6.07) is 0.605. The molecule has 0 aliphatic heterocycles. The molecule has 80 valence electrons. The van der Waals surface area contributed by atoms with E-state index in [2.05, 4.69) is 37.6 Å². The second-order valence-corrected chi connectivity index (χ2v) is 3.81. The average Bonchev–Trinajstić information content (AvgIpc) is 2.11. The van der Waals surface area contributed by atoms with Gasteiger partial charge in [-0.05, 0) is 27.4 Å². The Kier molecular flexibility index (Phi) is 7.23. The van der Waals surface area contributed by atoms with Crippen LogP contribution in [-0.2, 0) is 0 Å². The van der Waals surface area contributed by atoms with Gasteiger partial charge >= 0.3 is 0 Å². The lowest BCUT2D eigenvalue weighted by atomic mass is 10.3. The quantitative estimate of drug-likeness (QED) is 0.634. The fraction of sp³-hybridized carbons (Fsp3) is 1.00. The van der Waals surface area contributed by atoms with Crippen molar-refractivity contribution in [1.29, 1.82) is 0 Å². The largest absolute Gasteiger partial charge is 0.329 e. The highest BCUT2D eigenvalue weighted by molar-refractivity contribution is 4.64. The Morgan fingerprint density at radius 2 is 1.77 bits per heavy atom. The van der Waals surface area contributed by atoms with Crippen LogP contribution in [0, 0.1) is 0 Å². The molecule has 0 radical (unpaired) electrons. The molecular formula is C10H25N3. The molecule has 0 amide bonds. The molecule has 0 aromatic carbocycles. The zero-order valence-corrected chi connectivity index (χ0v) is 9.58. The van der Waals surface area contributed by atoms with Crippen LogP contribution >= 0.6 is 0 Å². The Balaban J connectivity index is 3.68. The molecule has 0 aromatic rings. The van der Waals surface area contributed by atoms with E-state index >= 15 is 0 Å². The minimum atomic E-state index is 0.605. The van der Waals surface area contributed by atoms with Crippen LogP contribution in [0.1, 0.15) is 20.8 Å². The lowest BCUT2D eigenvalue weighted by Crippen LogP contribution is -2.40. The summed E-state index contributed by atoms with van der Waals surface area (Å²) >= 11 is 0. The summed E-state index contributed by atoms with van der Waals surface area (Å²) in [5, 5.41) is 0. The van der Waals surface area contributed by atoms with Gasteiger partial charge in [-0.15, -0.1) is 0 Å². The molecule has 0 saturated carbocycles. The van der Waals surface area contributed by atoms with E-state index in [1.165, 1.54) is 0 Å². The van der Waals surface area contributed by atoms with Crippen molar-refractivity contribution < 1.29 is 0 Å². The van der Waals surface area contributed by atoms with E-state index in [1.807, 2.05) is 0 Å². The molecular weight excluding hydrogens is 162 g/mol. The summed E-state index contributed by atoms with van der Waals surface area (Å²) in [7, 11) is 2.15. The highest BCUT2D eigenvalue weighted by Gasteiger charge is 2.08. The van der Waals surface area contributed by atoms with Crippen LogP contribution in [0.3, 0.4) is 0 Å². The number of nitrogens with zero attached hydrogens (tertiary/aromatic N) is 2. The van der Waals surface area contributed by atoms with Gasteiger partial charge < -0.3 is 10.6 Å². The van der Waals surface area contributed by atoms with Crippen LogP contribution in [0.2, 0.25) is 0 Å². The van der Waals surface area contributed by atoms with Crippen LogP contribution in [0.4, 0.5) is 0 Å². The Morgan fingerprint density at radius 3 is 2.15 bits per heavy atom. The van der Waals surface area contributed by atoms with E-state index < -0.39 is 0 Å². The molecule has 0 rings (SSSR count). The van der Waals surface area contributed by atoms with Crippen molar-refractivity contribution in [3.05, 3.63) is 0 Å². The average molecular weight is 187 g/mol. The maximum absolute atomic E-state index is 5.55. The number of likely N-dealkylation sites (N-methyl/N-ethyl adjacent to an activating group) is 1. The normalized spacial score (nSPS) is 12.0. The predicted molar refractivity (Wildman–Crippen MR) is 58.9 cm³/mol. The van der Waals surface area contributed by atoms with E-state index in [1.54, 1.807) is 0 Å². The summed E-state index contributed by atoms with van der Waals surface area (Å²) < 4.78 is 0. The Bertz CT molecular complexity index is 115. The third-order valence-corrected chi connectivity index (χ3v) is 2.46. The predicted octanol–water partition coefficient (Wildman–Crippen LogP) is 0.607. The van der Waals surface area contributed by atoms with Gasteiger partial charge in [0.1, 0.15) is 0 Å². The molecule has 0 heterocycles. The van der Waals surface area contributed by atoms with Crippen LogP contribution in [0.25, 0.3) is 0 Å². The third kappa shape index (κ3) is 6.02. The minimum Gasteiger partial charge on any atom is -0.329 e. The first-order valence-corrected chi connectivity index (χ1v) is 5.24. The van der Waals surface area contributed by atoms with Gasteiger partial charge in [0.05, 0.1) is 0 Å². The molecule has 0 fully saturated rings. The van der Waals surface area contributed by atoms with Gasteiger partial charge in [0.2, 0.25) is 0 Å². The molecule has 0 bridgehead atoms. The van der Waals surface area contributed by atoms with E-state index in [9.17, 15) is 0 Å². The standard InChI is InChI=1S/C10H25N3/c1-5-12(4)8-9-13(7-6-11)10(2)3/h10H,5-9,11H2,1-4H3. The SMILES string of the molecule is CCN(C)CCN(CCN)C(C)C. The molecule has 3 nitrogen and oxygen atoms in total. The topological polar surface area (TPSA) is 32.5 Å². The summed E-state index contributed by atoms with van der Waals surface area (Å²) in [6.07, 6.45) is 0. The van der Waals surface area contributed by atoms with Crippen LogP contribution in [-0.4, -0.2) is 55.6 Å². The minimum absolute atomic E-state index is 0.605. The van der Waals surface area contributed by atoms with Crippen LogP contribution in [0.15, 0.2) is 0 Å². The molecule has 0 unspecified atom stereocenters. The number of rotatable bonds is 7. The van der Waals surface area contributed by atoms with E-state index in [-0.39, 0.29) is 0 Å². The van der Waals surface area contributed by atoms with Gasteiger partial charge in [-0.25, -0.2) is 0 Å². The van der Waals surface area contributed by atoms with Gasteiger partial charge in [0.25, 0.3) is 0 Å². The van der Waals surface area contributed by atoms with Crippen molar-refractivity contribution in [2.45, 2.75) is 26.8 Å². The highest BCUT2D eigenvalue weighted by atomic mass is 15.2. The lowest BCUT2D eigenvalue weighted by molar-refractivity contribution is 0.196. The zero-order chi connectivity index (χ0) is 10.3. The lowest BCUT2D eigenvalue weighted by Gasteiger charge is -2.27. The fourth-order valence-corrected chi connectivity index (χ4v) is 1.25. The van der Waals surface area contributed by atoms with Crippen molar-refractivity contribution in [1.82, 2.24) is 9.80 Å². The molecule has 0 atom stereocenters. The second-order valence-electron chi connectivity index (χ2n) is 3.81. The van der Waals surface area contributed by atoms with Gasteiger partial charge in [0.15, 0.2) is 0 Å². The Hall–Kier alpha value is -0.120. The first kappa shape index (κ1) is 12.9. The summed E-state index contributed by atoms with van der Waals surface area (Å²) in [6.45, 7) is 11.8. The maximum Gasteiger partial charge on any atom is 0.0112 e. The summed E-state index contributed by atoms with van der Waals surface area (Å²) in [5.74, 6) is 0. The van der Waals surface area contributed by atoms with Crippen molar-refractivity contribution in [2.24, 2.45) is 5.73 Å². The summed E-state index contributed by atoms with van der Waals surface area (Å²) in [4.78, 5) is 4.75. The first-order chi connectivity index (χ1) is 6.11. The third-order valence-electron chi connectivity index (χ3n) is 2.46. The fourth-order valence-electron chi connectivity index (χ4n) is 1.25. The molecule has 0 aromatic heterocycles. The van der Waals surface area contributed by atoms with Crippen molar-refractivity contribution in [3.8, 4) is 0 Å². The van der Waals surface area contributed by atoms with Gasteiger partial charge in [0, 0.05) is 32.2 Å². The molecule has 2 N–H and O–H groups in total. The Morgan fingerprint density at radius 1 is 1.15 bits per heavy atom. The first-order valence-electron chi connectivity index (χ1n) is 5.24. The zero-order valence-electron chi connectivity index (χ0n) is 9.58. The number of hydrogen-bond acceptors (Lipinski definition) is 3. The van der Waals surface area contributed by atoms with E-state index in [0.29, 0.717) is 6.04 Å². The molecule has 0 aliphatic rings. The smallest absolute Gasteiger partial charge is 0.0112 e. The van der Waals surface area contributed by atoms with Gasteiger partial charge in [-0.1, -0.05) is 6.92 Å². The number of nitrogens with two attached hydrogens (primary N) is 1. The molecule has 0 saturated heterocycles. The monoisotopic (exact) mass is 187 g/mol. The van der Waals surface area contributed by atoms with Crippen LogP contribution in [0.5, 0.6) is 0 Å². The highest BCUT2D eigenvalue weighted by Crippen LogP contribution is 1.96. The molecule has 0 aliphatic carbocycles. The van der Waals surface area contributed by atoms with E-state index in [0.717, 1.165) is 32.7 Å². The molecule has 3 heteroatoms. The second kappa shape index (κ2) is 7.30. The molecule has 13 heavy (non-hydrogen) atoms.